The van der Waals surface area contributed by atoms with Crippen LogP contribution in [0.4, 0.5) is 5.69 Å². The maximum absolute atomic E-state index is 12.4. The van der Waals surface area contributed by atoms with Gasteiger partial charge in [0.25, 0.3) is 5.56 Å². The number of aromatic nitrogens is 4. The molecule has 0 radical (unpaired) electrons. The molecule has 1 aliphatic heterocycles. The van der Waals surface area contributed by atoms with Gasteiger partial charge in [-0.25, -0.2) is 4.68 Å². The summed E-state index contributed by atoms with van der Waals surface area (Å²) < 4.78 is 12.2. The maximum atomic E-state index is 12.4. The summed E-state index contributed by atoms with van der Waals surface area (Å²) in [6, 6.07) is 1.58. The molecule has 1 atom stereocenters. The van der Waals surface area contributed by atoms with Crippen LogP contribution in [0.2, 0.25) is 0 Å². The number of rotatable bonds is 6. The van der Waals surface area contributed by atoms with Crippen LogP contribution < -0.4 is 16.2 Å². The molecular weight excluding hydrogens is 324 g/mol. The number of hydrogen-bond donors (Lipinski definition) is 1. The van der Waals surface area contributed by atoms with E-state index in [0.29, 0.717) is 31.4 Å². The highest BCUT2D eigenvalue weighted by atomic mass is 16.5. The van der Waals surface area contributed by atoms with Crippen molar-refractivity contribution in [3.8, 4) is 0 Å². The van der Waals surface area contributed by atoms with Crippen LogP contribution in [0, 0.1) is 0 Å². The largest absolute Gasteiger partial charge is 0.374 e. The number of nitrogens with two attached hydrogens (primary N) is 1. The van der Waals surface area contributed by atoms with E-state index in [2.05, 4.69) is 20.1 Å². The lowest BCUT2D eigenvalue weighted by atomic mass is 10.2. The summed E-state index contributed by atoms with van der Waals surface area (Å²) in [6.07, 6.45) is 2.59. The van der Waals surface area contributed by atoms with Gasteiger partial charge in [0.15, 0.2) is 5.82 Å². The first-order valence-electron chi connectivity index (χ1n) is 8.53. The van der Waals surface area contributed by atoms with Gasteiger partial charge >= 0.3 is 0 Å². The zero-order chi connectivity index (χ0) is 17.8. The molecule has 1 saturated heterocycles. The molecule has 25 heavy (non-hydrogen) atoms. The SMILES string of the molecule is CC(C)c1nc(Cn2ncc(N3CCO[C@@H](CCN)C3)cc2=O)no1. The Hall–Kier alpha value is -2.26. The van der Waals surface area contributed by atoms with Gasteiger partial charge in [0.1, 0.15) is 6.54 Å². The highest BCUT2D eigenvalue weighted by Gasteiger charge is 2.21. The van der Waals surface area contributed by atoms with Crippen molar-refractivity contribution in [3.05, 3.63) is 34.3 Å². The topological polar surface area (TPSA) is 112 Å². The first-order valence-corrected chi connectivity index (χ1v) is 8.53. The molecule has 0 saturated carbocycles. The molecule has 3 heterocycles. The Morgan fingerprint density at radius 2 is 2.28 bits per heavy atom. The Morgan fingerprint density at radius 3 is 2.96 bits per heavy atom. The van der Waals surface area contributed by atoms with E-state index in [1.807, 2.05) is 13.8 Å². The fraction of sp³-hybridized carbons (Fsp3) is 0.625. The first-order chi connectivity index (χ1) is 12.1. The fourth-order valence-electron chi connectivity index (χ4n) is 2.73. The van der Waals surface area contributed by atoms with Gasteiger partial charge in [-0.2, -0.15) is 10.1 Å². The summed E-state index contributed by atoms with van der Waals surface area (Å²) >= 11 is 0. The number of nitrogens with zero attached hydrogens (tertiary/aromatic N) is 5. The van der Waals surface area contributed by atoms with E-state index in [1.54, 1.807) is 12.3 Å². The molecule has 0 unspecified atom stereocenters. The molecule has 9 nitrogen and oxygen atoms in total. The van der Waals surface area contributed by atoms with Crippen molar-refractivity contribution in [1.82, 2.24) is 19.9 Å². The highest BCUT2D eigenvalue weighted by Crippen LogP contribution is 2.16. The van der Waals surface area contributed by atoms with Crippen LogP contribution in [0.15, 0.2) is 21.6 Å². The Bertz CT molecular complexity index is 754. The zero-order valence-corrected chi connectivity index (χ0v) is 14.6. The summed E-state index contributed by atoms with van der Waals surface area (Å²) in [6.45, 7) is 6.78. The van der Waals surface area contributed by atoms with Crippen LogP contribution in [-0.2, 0) is 11.3 Å². The standard InChI is InChI=1S/C16H24N6O3/c1-11(2)16-19-14(20-25-16)10-22-15(23)7-12(8-18-22)21-5-6-24-13(9-21)3-4-17/h7-8,11,13H,3-6,9-10,17H2,1-2H3/t13-/m0/s1. The summed E-state index contributed by atoms with van der Waals surface area (Å²) in [7, 11) is 0. The van der Waals surface area contributed by atoms with E-state index in [0.717, 1.165) is 18.7 Å². The van der Waals surface area contributed by atoms with Gasteiger partial charge in [-0.05, 0) is 13.0 Å². The Labute approximate surface area is 145 Å². The normalized spacial score (nSPS) is 18.1. The van der Waals surface area contributed by atoms with E-state index in [-0.39, 0.29) is 24.1 Å². The van der Waals surface area contributed by atoms with Gasteiger partial charge in [0.05, 0.1) is 24.6 Å². The smallest absolute Gasteiger partial charge is 0.269 e. The number of morpholine rings is 1. The van der Waals surface area contributed by atoms with Gasteiger partial charge in [0, 0.05) is 25.1 Å². The number of anilines is 1. The second-order valence-electron chi connectivity index (χ2n) is 6.43. The van der Waals surface area contributed by atoms with Crippen molar-refractivity contribution in [2.45, 2.75) is 38.8 Å². The molecule has 0 aliphatic carbocycles. The van der Waals surface area contributed by atoms with Crippen LogP contribution in [0.3, 0.4) is 0 Å². The predicted molar refractivity (Wildman–Crippen MR) is 91.6 cm³/mol. The average Bonchev–Trinajstić information content (AvgIpc) is 3.06. The van der Waals surface area contributed by atoms with Crippen molar-refractivity contribution in [1.29, 1.82) is 0 Å². The fourth-order valence-corrected chi connectivity index (χ4v) is 2.73. The molecule has 1 fully saturated rings. The third-order valence-corrected chi connectivity index (χ3v) is 4.12. The lowest BCUT2D eigenvalue weighted by molar-refractivity contribution is 0.0368. The van der Waals surface area contributed by atoms with Crippen LogP contribution in [-0.4, -0.2) is 52.3 Å². The molecule has 136 valence electrons. The van der Waals surface area contributed by atoms with Crippen LogP contribution >= 0.6 is 0 Å². The molecule has 0 amide bonds. The van der Waals surface area contributed by atoms with Gasteiger partial charge in [-0.3, -0.25) is 4.79 Å². The predicted octanol–water partition coefficient (Wildman–Crippen LogP) is 0.352. The van der Waals surface area contributed by atoms with Crippen molar-refractivity contribution < 1.29 is 9.26 Å². The molecule has 2 aromatic rings. The average molecular weight is 348 g/mol. The highest BCUT2D eigenvalue weighted by molar-refractivity contribution is 5.43. The third kappa shape index (κ3) is 4.23. The molecule has 0 aromatic carbocycles. The lowest BCUT2D eigenvalue weighted by Gasteiger charge is -2.34. The number of ether oxygens (including phenoxy) is 1. The van der Waals surface area contributed by atoms with Gasteiger partial charge in [-0.1, -0.05) is 19.0 Å². The quantitative estimate of drug-likeness (QED) is 0.796. The zero-order valence-electron chi connectivity index (χ0n) is 14.6. The Balaban J connectivity index is 1.71. The summed E-state index contributed by atoms with van der Waals surface area (Å²) in [5.74, 6) is 1.15. The summed E-state index contributed by atoms with van der Waals surface area (Å²) in [4.78, 5) is 18.7. The molecule has 3 rings (SSSR count). The lowest BCUT2D eigenvalue weighted by Crippen LogP contribution is -2.43. The van der Waals surface area contributed by atoms with Gasteiger partial charge in [0.2, 0.25) is 5.89 Å². The molecule has 2 aromatic heterocycles. The van der Waals surface area contributed by atoms with Crippen LogP contribution in [0.25, 0.3) is 0 Å². The van der Waals surface area contributed by atoms with Crippen molar-refractivity contribution in [2.24, 2.45) is 5.73 Å². The molecule has 2 N–H and O–H groups in total. The maximum Gasteiger partial charge on any atom is 0.269 e. The molecule has 0 bridgehead atoms. The molecular formula is C16H24N6O3. The van der Waals surface area contributed by atoms with Crippen molar-refractivity contribution in [3.63, 3.8) is 0 Å². The van der Waals surface area contributed by atoms with E-state index >= 15 is 0 Å². The summed E-state index contributed by atoms with van der Waals surface area (Å²) in [5.41, 5.74) is 6.19. The van der Waals surface area contributed by atoms with E-state index in [9.17, 15) is 4.79 Å². The Kier molecular flexibility index (Phi) is 5.44. The molecule has 9 heteroatoms. The number of hydrogen-bond acceptors (Lipinski definition) is 8. The minimum Gasteiger partial charge on any atom is -0.374 e. The van der Waals surface area contributed by atoms with E-state index < -0.39 is 0 Å². The second-order valence-corrected chi connectivity index (χ2v) is 6.43. The minimum absolute atomic E-state index is 0.0926. The van der Waals surface area contributed by atoms with Gasteiger partial charge in [-0.15, -0.1) is 0 Å². The van der Waals surface area contributed by atoms with Crippen molar-refractivity contribution in [2.75, 3.05) is 31.1 Å². The van der Waals surface area contributed by atoms with Crippen LogP contribution in [0.5, 0.6) is 0 Å². The Morgan fingerprint density at radius 1 is 1.44 bits per heavy atom. The van der Waals surface area contributed by atoms with Gasteiger partial charge < -0.3 is 19.9 Å². The van der Waals surface area contributed by atoms with E-state index in [4.69, 9.17) is 15.0 Å². The van der Waals surface area contributed by atoms with Crippen molar-refractivity contribution >= 4 is 5.69 Å². The minimum atomic E-state index is -0.199. The van der Waals surface area contributed by atoms with E-state index in [1.165, 1.54) is 4.68 Å². The second kappa shape index (κ2) is 7.75. The summed E-state index contributed by atoms with van der Waals surface area (Å²) in [5, 5.41) is 8.14. The molecule has 0 spiro atoms. The monoisotopic (exact) mass is 348 g/mol. The molecule has 1 aliphatic rings. The van der Waals surface area contributed by atoms with Crippen LogP contribution in [0.1, 0.15) is 37.9 Å². The first kappa shape index (κ1) is 17.6. The third-order valence-electron chi connectivity index (χ3n) is 4.12.